The van der Waals surface area contributed by atoms with Crippen molar-refractivity contribution in [2.75, 3.05) is 0 Å². The van der Waals surface area contributed by atoms with Crippen LogP contribution in [0.15, 0.2) is 0 Å². The van der Waals surface area contributed by atoms with E-state index in [0.29, 0.717) is 24.2 Å². The van der Waals surface area contributed by atoms with E-state index in [2.05, 4.69) is 41.5 Å². The van der Waals surface area contributed by atoms with E-state index in [-0.39, 0.29) is 29.6 Å². The van der Waals surface area contributed by atoms with E-state index in [1.165, 1.54) is 19.3 Å². The quantitative estimate of drug-likeness (QED) is 0.591. The lowest BCUT2D eigenvalue weighted by Crippen LogP contribution is -2.66. The Bertz CT molecular complexity index is 839. The van der Waals surface area contributed by atoms with Crippen LogP contribution in [0.2, 0.25) is 0 Å². The maximum atomic E-state index is 13.4. The van der Waals surface area contributed by atoms with E-state index >= 15 is 0 Å². The summed E-state index contributed by atoms with van der Waals surface area (Å²) in [6.45, 7) is 14.3. The molecule has 5 aliphatic carbocycles. The lowest BCUT2D eigenvalue weighted by atomic mass is 9.43. The van der Waals surface area contributed by atoms with Gasteiger partial charge in [-0.25, -0.2) is 0 Å². The molecule has 0 radical (unpaired) electrons. The molecule has 14 unspecified atom stereocenters. The van der Waals surface area contributed by atoms with E-state index in [4.69, 9.17) is 4.74 Å². The maximum Gasteiger partial charge on any atom is 0.144 e. The summed E-state index contributed by atoms with van der Waals surface area (Å²) in [4.78, 5) is 13.4. The summed E-state index contributed by atoms with van der Waals surface area (Å²) >= 11 is 0. The van der Waals surface area contributed by atoms with Gasteiger partial charge in [-0.2, -0.15) is 0 Å². The summed E-state index contributed by atoms with van der Waals surface area (Å²) in [5.41, 5.74) is -0.994. The minimum Gasteiger partial charge on any atom is -0.393 e. The SMILES string of the molecule is CC(C)C(C)C1CC1C(C)C1CCC2C3CC4OC45CC(O)CC(=O)C5(C)C3C(O)CC12C. The molecule has 0 amide bonds. The van der Waals surface area contributed by atoms with Crippen LogP contribution in [-0.2, 0) is 9.53 Å². The highest BCUT2D eigenvalue weighted by atomic mass is 16.6. The predicted molar refractivity (Wildman–Crippen MR) is 127 cm³/mol. The van der Waals surface area contributed by atoms with Gasteiger partial charge < -0.3 is 14.9 Å². The minimum absolute atomic E-state index is 0.0157. The van der Waals surface area contributed by atoms with Gasteiger partial charge in [0.05, 0.1) is 23.7 Å². The molecule has 2 N–H and O–H groups in total. The van der Waals surface area contributed by atoms with Crippen molar-refractivity contribution in [3.8, 4) is 0 Å². The van der Waals surface area contributed by atoms with E-state index < -0.39 is 23.2 Å². The first-order valence-corrected chi connectivity index (χ1v) is 14.0. The second kappa shape index (κ2) is 7.07. The van der Waals surface area contributed by atoms with Gasteiger partial charge in [0, 0.05) is 18.8 Å². The number of carbonyl (C=O) groups is 1. The van der Waals surface area contributed by atoms with Crippen LogP contribution in [0.5, 0.6) is 0 Å². The number of fused-ring (bicyclic) bond motifs is 4. The fourth-order valence-electron chi connectivity index (χ4n) is 10.7. The third kappa shape index (κ3) is 2.84. The number of aliphatic hydroxyl groups excluding tert-OH is 2. The van der Waals surface area contributed by atoms with Gasteiger partial charge >= 0.3 is 0 Å². The number of aliphatic hydroxyl groups is 2. The number of hydrogen-bond donors (Lipinski definition) is 2. The first-order chi connectivity index (χ1) is 15.5. The summed E-state index contributed by atoms with van der Waals surface area (Å²) in [6, 6.07) is 0. The smallest absolute Gasteiger partial charge is 0.144 e. The minimum atomic E-state index is -0.640. The standard InChI is InChI=1S/C29H46O4/c1-14(2)15(3)18-10-19(18)16(4)21-7-8-22-20-11-25-29(33-25)12-17(30)9-24(32)28(29,6)26(20)23(31)13-27(21,22)5/h14-23,25-26,30-31H,7-13H2,1-6H3. The van der Waals surface area contributed by atoms with Crippen molar-refractivity contribution in [1.29, 1.82) is 0 Å². The first-order valence-electron chi connectivity index (χ1n) is 14.0. The lowest BCUT2D eigenvalue weighted by Gasteiger charge is -2.60. The van der Waals surface area contributed by atoms with Gasteiger partial charge in [-0.15, -0.1) is 0 Å². The van der Waals surface area contributed by atoms with Gasteiger partial charge in [-0.3, -0.25) is 4.79 Å². The molecule has 1 saturated heterocycles. The van der Waals surface area contributed by atoms with Gasteiger partial charge in [0.1, 0.15) is 11.4 Å². The number of rotatable bonds is 4. The fourth-order valence-corrected chi connectivity index (χ4v) is 10.7. The number of ether oxygens (including phenoxy) is 1. The molecule has 0 bridgehead atoms. The Balaban J connectivity index is 1.27. The Morgan fingerprint density at radius 1 is 1.00 bits per heavy atom. The highest BCUT2D eigenvalue weighted by Gasteiger charge is 2.80. The largest absolute Gasteiger partial charge is 0.393 e. The zero-order chi connectivity index (χ0) is 23.7. The number of carbonyl (C=O) groups excluding carboxylic acids is 1. The van der Waals surface area contributed by atoms with E-state index in [1.807, 2.05) is 0 Å². The summed E-state index contributed by atoms with van der Waals surface area (Å²) in [5, 5.41) is 22.1. The molecule has 14 atom stereocenters. The normalized spacial score (nSPS) is 58.7. The molecule has 33 heavy (non-hydrogen) atoms. The molecule has 4 heteroatoms. The Hall–Kier alpha value is -0.450. The molecule has 4 nitrogen and oxygen atoms in total. The Morgan fingerprint density at radius 2 is 1.73 bits per heavy atom. The summed E-state index contributed by atoms with van der Waals surface area (Å²) in [6.07, 6.45) is 5.55. The zero-order valence-corrected chi connectivity index (χ0v) is 21.6. The van der Waals surface area contributed by atoms with Crippen LogP contribution in [0.25, 0.3) is 0 Å². The Morgan fingerprint density at radius 3 is 2.42 bits per heavy atom. The molecule has 0 aromatic carbocycles. The van der Waals surface area contributed by atoms with Crippen molar-refractivity contribution in [2.24, 2.45) is 64.1 Å². The second-order valence-electron chi connectivity index (χ2n) is 14.2. The van der Waals surface area contributed by atoms with Gasteiger partial charge in [-0.1, -0.05) is 34.6 Å². The van der Waals surface area contributed by atoms with Crippen molar-refractivity contribution in [3.63, 3.8) is 0 Å². The van der Waals surface area contributed by atoms with E-state index in [0.717, 1.165) is 42.4 Å². The number of Topliss-reactive ketones (excluding diaryl/α,β-unsaturated/α-hetero) is 1. The van der Waals surface area contributed by atoms with Gasteiger partial charge in [0.2, 0.25) is 0 Å². The maximum absolute atomic E-state index is 13.4. The highest BCUT2D eigenvalue weighted by Crippen LogP contribution is 2.74. The van der Waals surface area contributed by atoms with Crippen LogP contribution < -0.4 is 0 Å². The van der Waals surface area contributed by atoms with Crippen LogP contribution in [0, 0.1) is 64.1 Å². The molecule has 1 aliphatic heterocycles. The lowest BCUT2D eigenvalue weighted by molar-refractivity contribution is -0.180. The Labute approximate surface area is 200 Å². The molecule has 1 heterocycles. The number of hydrogen-bond acceptors (Lipinski definition) is 4. The van der Waals surface area contributed by atoms with Crippen LogP contribution >= 0.6 is 0 Å². The monoisotopic (exact) mass is 458 g/mol. The molecule has 5 saturated carbocycles. The molecule has 1 spiro atoms. The summed E-state index contributed by atoms with van der Waals surface area (Å²) < 4.78 is 6.33. The highest BCUT2D eigenvalue weighted by molar-refractivity contribution is 5.89. The Kier molecular flexibility index (Phi) is 4.92. The van der Waals surface area contributed by atoms with E-state index in [1.54, 1.807) is 0 Å². The average Bonchev–Trinajstić information content (AvgIpc) is 3.62. The zero-order valence-electron chi connectivity index (χ0n) is 21.6. The number of epoxide rings is 1. The molecule has 6 fully saturated rings. The van der Waals surface area contributed by atoms with Gasteiger partial charge in [-0.05, 0) is 91.8 Å². The van der Waals surface area contributed by atoms with Crippen LogP contribution in [-0.4, -0.2) is 39.9 Å². The van der Waals surface area contributed by atoms with Crippen molar-refractivity contribution in [2.45, 2.75) is 110 Å². The molecular formula is C29H46O4. The third-order valence-electron chi connectivity index (χ3n) is 12.8. The van der Waals surface area contributed by atoms with Crippen molar-refractivity contribution in [3.05, 3.63) is 0 Å². The van der Waals surface area contributed by atoms with Crippen molar-refractivity contribution < 1.29 is 19.7 Å². The molecule has 0 aromatic rings. The average molecular weight is 459 g/mol. The van der Waals surface area contributed by atoms with Crippen molar-refractivity contribution in [1.82, 2.24) is 0 Å². The first kappa shape index (κ1) is 23.0. The molecule has 6 aliphatic rings. The van der Waals surface area contributed by atoms with E-state index in [9.17, 15) is 15.0 Å². The van der Waals surface area contributed by atoms with Crippen LogP contribution in [0.1, 0.15) is 86.5 Å². The third-order valence-corrected chi connectivity index (χ3v) is 12.8. The predicted octanol–water partition coefficient (Wildman–Crippen LogP) is 4.85. The topological polar surface area (TPSA) is 70.1 Å². The van der Waals surface area contributed by atoms with Gasteiger partial charge in [0.15, 0.2) is 0 Å². The number of ketones is 1. The second-order valence-corrected chi connectivity index (χ2v) is 14.2. The summed E-state index contributed by atoms with van der Waals surface area (Å²) in [7, 11) is 0. The van der Waals surface area contributed by atoms with Crippen molar-refractivity contribution >= 4 is 5.78 Å². The molecular weight excluding hydrogens is 412 g/mol. The van der Waals surface area contributed by atoms with Gasteiger partial charge in [0.25, 0.3) is 0 Å². The fraction of sp³-hybridized carbons (Fsp3) is 0.966. The summed E-state index contributed by atoms with van der Waals surface area (Å²) in [5.74, 6) is 5.74. The molecule has 6 rings (SSSR count). The van der Waals surface area contributed by atoms with Crippen LogP contribution in [0.4, 0.5) is 0 Å². The molecule has 0 aromatic heterocycles. The molecule has 186 valence electrons. The van der Waals surface area contributed by atoms with Crippen LogP contribution in [0.3, 0.4) is 0 Å².